The van der Waals surface area contributed by atoms with Gasteiger partial charge in [0.2, 0.25) is 5.82 Å². The van der Waals surface area contributed by atoms with Crippen LogP contribution < -0.4 is 5.32 Å². The van der Waals surface area contributed by atoms with Crippen LogP contribution in [0.4, 0.5) is 10.2 Å². The van der Waals surface area contributed by atoms with Crippen molar-refractivity contribution in [3.05, 3.63) is 18.1 Å². The highest BCUT2D eigenvalue weighted by Gasteiger charge is 2.05. The fraction of sp³-hybridized carbons (Fsp3) is 0.286. The minimum atomic E-state index is -1.20. The van der Waals surface area contributed by atoms with E-state index in [4.69, 9.17) is 5.11 Å². The Morgan fingerprint density at radius 3 is 3.08 bits per heavy atom. The summed E-state index contributed by atoms with van der Waals surface area (Å²) >= 11 is 0. The van der Waals surface area contributed by atoms with E-state index >= 15 is 0 Å². The van der Waals surface area contributed by atoms with Crippen molar-refractivity contribution < 1.29 is 14.3 Å². The number of hydrogen-bond donors (Lipinski definition) is 2. The largest absolute Gasteiger partial charge is 0.475 e. The molecule has 0 fully saturated rings. The molecule has 0 bridgehead atoms. The second-order valence-electron chi connectivity index (χ2n) is 2.19. The normalized spacial score (nSPS) is 9.62. The molecule has 1 aromatic rings. The molecule has 13 heavy (non-hydrogen) atoms. The van der Waals surface area contributed by atoms with Gasteiger partial charge in [-0.15, -0.1) is 0 Å². The van der Waals surface area contributed by atoms with Crippen molar-refractivity contribution in [1.82, 2.24) is 9.97 Å². The molecule has 0 saturated heterocycles. The van der Waals surface area contributed by atoms with Gasteiger partial charge in [-0.2, -0.15) is 0 Å². The van der Waals surface area contributed by atoms with E-state index in [9.17, 15) is 9.18 Å². The summed E-state index contributed by atoms with van der Waals surface area (Å²) in [6.07, 6.45) is 1.30. The highest BCUT2D eigenvalue weighted by molar-refractivity contribution is 5.83. The van der Waals surface area contributed by atoms with Crippen LogP contribution in [-0.2, 0) is 0 Å². The first kappa shape index (κ1) is 9.37. The molecule has 0 amide bonds. The molecule has 0 spiro atoms. The molecule has 0 aliphatic carbocycles. The van der Waals surface area contributed by atoms with Crippen LogP contribution in [0.2, 0.25) is 0 Å². The second kappa shape index (κ2) is 4.34. The van der Waals surface area contributed by atoms with E-state index in [2.05, 4.69) is 15.3 Å². The number of nitrogens with one attached hydrogen (secondary N) is 1. The predicted octanol–water partition coefficient (Wildman–Crippen LogP) is 0.556. The van der Waals surface area contributed by atoms with Gasteiger partial charge in [0.05, 0.1) is 0 Å². The maximum absolute atomic E-state index is 11.7. The number of aromatic nitrogens is 2. The van der Waals surface area contributed by atoms with Gasteiger partial charge in [-0.1, -0.05) is 0 Å². The van der Waals surface area contributed by atoms with Gasteiger partial charge in [-0.25, -0.2) is 19.2 Å². The van der Waals surface area contributed by atoms with Crippen LogP contribution in [0.25, 0.3) is 0 Å². The van der Waals surface area contributed by atoms with Crippen LogP contribution in [0, 0.1) is 0 Å². The number of anilines is 1. The summed E-state index contributed by atoms with van der Waals surface area (Å²) in [5, 5.41) is 11.1. The number of halogens is 1. The summed E-state index contributed by atoms with van der Waals surface area (Å²) < 4.78 is 11.7. The minimum absolute atomic E-state index is 0.107. The monoisotopic (exact) mass is 185 g/mol. The molecule has 0 aromatic carbocycles. The van der Waals surface area contributed by atoms with E-state index in [0.717, 1.165) is 0 Å². The number of carboxylic acids is 1. The molecule has 0 aliphatic heterocycles. The number of alkyl halides is 1. The maximum Gasteiger partial charge on any atom is 0.374 e. The first-order valence-electron chi connectivity index (χ1n) is 3.60. The fourth-order valence-corrected chi connectivity index (χ4v) is 0.736. The highest BCUT2D eigenvalue weighted by Crippen LogP contribution is 2.00. The lowest BCUT2D eigenvalue weighted by Crippen LogP contribution is -2.09. The Morgan fingerprint density at radius 2 is 2.46 bits per heavy atom. The van der Waals surface area contributed by atoms with Crippen molar-refractivity contribution in [2.45, 2.75) is 0 Å². The SMILES string of the molecule is O=C(O)c1nccc(NCCF)n1. The third-order valence-electron chi connectivity index (χ3n) is 1.25. The Balaban J connectivity index is 2.73. The van der Waals surface area contributed by atoms with E-state index < -0.39 is 12.6 Å². The van der Waals surface area contributed by atoms with Crippen LogP contribution in [0.3, 0.4) is 0 Å². The van der Waals surface area contributed by atoms with Gasteiger partial charge in [0.25, 0.3) is 0 Å². The van der Waals surface area contributed by atoms with E-state index in [0.29, 0.717) is 5.82 Å². The summed E-state index contributed by atoms with van der Waals surface area (Å²) in [4.78, 5) is 17.5. The number of carboxylic acid groups (broad SMARTS) is 1. The Bertz CT molecular complexity index is 306. The Morgan fingerprint density at radius 1 is 1.69 bits per heavy atom. The van der Waals surface area contributed by atoms with Crippen LogP contribution in [0.1, 0.15) is 10.6 Å². The van der Waals surface area contributed by atoms with E-state index in [-0.39, 0.29) is 12.4 Å². The number of hydrogen-bond acceptors (Lipinski definition) is 4. The van der Waals surface area contributed by atoms with E-state index in [1.54, 1.807) is 0 Å². The number of carbonyl (C=O) groups is 1. The minimum Gasteiger partial charge on any atom is -0.475 e. The Kier molecular flexibility index (Phi) is 3.13. The third-order valence-corrected chi connectivity index (χ3v) is 1.25. The Hall–Kier alpha value is -1.72. The van der Waals surface area contributed by atoms with Gasteiger partial charge in [-0.3, -0.25) is 0 Å². The number of rotatable bonds is 4. The maximum atomic E-state index is 11.7. The smallest absolute Gasteiger partial charge is 0.374 e. The number of nitrogens with zero attached hydrogens (tertiary/aromatic N) is 2. The van der Waals surface area contributed by atoms with Crippen molar-refractivity contribution in [2.24, 2.45) is 0 Å². The molecular weight excluding hydrogens is 177 g/mol. The van der Waals surface area contributed by atoms with Crippen molar-refractivity contribution in [3.8, 4) is 0 Å². The van der Waals surface area contributed by atoms with Crippen molar-refractivity contribution >= 4 is 11.8 Å². The Labute approximate surface area is 73.6 Å². The zero-order valence-electron chi connectivity index (χ0n) is 6.70. The van der Waals surface area contributed by atoms with Crippen molar-refractivity contribution in [1.29, 1.82) is 0 Å². The molecule has 70 valence electrons. The van der Waals surface area contributed by atoms with Crippen LogP contribution >= 0.6 is 0 Å². The third kappa shape index (κ3) is 2.66. The molecule has 0 atom stereocenters. The van der Waals surface area contributed by atoms with Gasteiger partial charge < -0.3 is 10.4 Å². The first-order chi connectivity index (χ1) is 6.24. The second-order valence-corrected chi connectivity index (χ2v) is 2.19. The van der Waals surface area contributed by atoms with Crippen LogP contribution in [-0.4, -0.2) is 34.3 Å². The first-order valence-corrected chi connectivity index (χ1v) is 3.60. The van der Waals surface area contributed by atoms with Gasteiger partial charge >= 0.3 is 5.97 Å². The van der Waals surface area contributed by atoms with Crippen molar-refractivity contribution in [2.75, 3.05) is 18.5 Å². The molecule has 0 aliphatic rings. The summed E-state index contributed by atoms with van der Waals surface area (Å²) in [7, 11) is 0. The zero-order chi connectivity index (χ0) is 9.68. The molecule has 1 heterocycles. The average molecular weight is 185 g/mol. The van der Waals surface area contributed by atoms with Crippen LogP contribution in [0.5, 0.6) is 0 Å². The van der Waals surface area contributed by atoms with Crippen molar-refractivity contribution in [3.63, 3.8) is 0 Å². The quantitative estimate of drug-likeness (QED) is 0.716. The topological polar surface area (TPSA) is 75.1 Å². The molecule has 6 heteroatoms. The van der Waals surface area contributed by atoms with Crippen LogP contribution in [0.15, 0.2) is 12.3 Å². The molecule has 0 saturated carbocycles. The molecule has 0 unspecified atom stereocenters. The zero-order valence-corrected chi connectivity index (χ0v) is 6.70. The fourth-order valence-electron chi connectivity index (χ4n) is 0.736. The van der Waals surface area contributed by atoms with E-state index in [1.807, 2.05) is 0 Å². The van der Waals surface area contributed by atoms with Gasteiger partial charge in [0.15, 0.2) is 0 Å². The molecule has 5 nitrogen and oxygen atoms in total. The molecular formula is C7H8FN3O2. The lowest BCUT2D eigenvalue weighted by atomic mass is 10.5. The van der Waals surface area contributed by atoms with Gasteiger partial charge in [0.1, 0.15) is 12.5 Å². The molecule has 0 radical (unpaired) electrons. The van der Waals surface area contributed by atoms with Gasteiger partial charge in [0, 0.05) is 12.7 Å². The average Bonchev–Trinajstić information content (AvgIpc) is 2.15. The standard InChI is InChI=1S/C7H8FN3O2/c8-2-4-9-5-1-3-10-6(11-5)7(12)13/h1,3H,2,4H2,(H,12,13)(H,9,10,11). The molecule has 2 N–H and O–H groups in total. The molecule has 1 rings (SSSR count). The predicted molar refractivity (Wildman–Crippen MR) is 43.5 cm³/mol. The molecule has 1 aromatic heterocycles. The van der Waals surface area contributed by atoms with E-state index in [1.165, 1.54) is 12.3 Å². The lowest BCUT2D eigenvalue weighted by molar-refractivity contribution is 0.0683. The van der Waals surface area contributed by atoms with Gasteiger partial charge in [-0.05, 0) is 6.07 Å². The highest BCUT2D eigenvalue weighted by atomic mass is 19.1. The lowest BCUT2D eigenvalue weighted by Gasteiger charge is -2.01. The summed E-state index contributed by atoms with van der Waals surface area (Å²) in [6.45, 7) is -0.428. The summed E-state index contributed by atoms with van der Waals surface area (Å²) in [5.74, 6) is -1.20. The summed E-state index contributed by atoms with van der Waals surface area (Å²) in [6, 6.07) is 1.47. The summed E-state index contributed by atoms with van der Waals surface area (Å²) in [5.41, 5.74) is 0. The number of aromatic carboxylic acids is 1.